The van der Waals surface area contributed by atoms with Gasteiger partial charge >= 0.3 is 0 Å². The summed E-state index contributed by atoms with van der Waals surface area (Å²) >= 11 is 5.98. The molecule has 2 rings (SSSR count). The van der Waals surface area contributed by atoms with Crippen LogP contribution in [0.5, 0.6) is 0 Å². The molecule has 112 valence electrons. The van der Waals surface area contributed by atoms with Crippen molar-refractivity contribution < 1.29 is 4.79 Å². The van der Waals surface area contributed by atoms with Gasteiger partial charge in [0.1, 0.15) is 5.56 Å². The predicted molar refractivity (Wildman–Crippen MR) is 84.9 cm³/mol. The van der Waals surface area contributed by atoms with Crippen molar-refractivity contribution in [3.8, 4) is 0 Å². The van der Waals surface area contributed by atoms with E-state index in [4.69, 9.17) is 17.3 Å². The molecule has 1 aromatic carbocycles. The van der Waals surface area contributed by atoms with Crippen molar-refractivity contribution in [1.29, 1.82) is 0 Å². The Bertz CT molecular complexity index is 738. The third-order valence-corrected chi connectivity index (χ3v) is 3.45. The Balaban J connectivity index is 2.56. The summed E-state index contributed by atoms with van der Waals surface area (Å²) in [6.45, 7) is 4.68. The lowest BCUT2D eigenvalue weighted by atomic mass is 10.1. The lowest BCUT2D eigenvalue weighted by Gasteiger charge is -2.12. The van der Waals surface area contributed by atoms with Gasteiger partial charge in [-0.2, -0.15) is 0 Å². The molecule has 6 heteroatoms. The van der Waals surface area contributed by atoms with E-state index in [2.05, 4.69) is 5.32 Å². The van der Waals surface area contributed by atoms with Crippen LogP contribution in [0, 0.1) is 0 Å². The highest BCUT2D eigenvalue weighted by molar-refractivity contribution is 6.31. The SMILES string of the molecule is CCn1cc(C(=O)NCC(C)N)c(=O)c2ccc(Cl)cc21. The number of hydrogen-bond acceptors (Lipinski definition) is 3. The lowest BCUT2D eigenvalue weighted by Crippen LogP contribution is -2.37. The van der Waals surface area contributed by atoms with Gasteiger partial charge in [-0.1, -0.05) is 11.6 Å². The van der Waals surface area contributed by atoms with Crippen LogP contribution in [-0.2, 0) is 6.54 Å². The smallest absolute Gasteiger partial charge is 0.256 e. The van der Waals surface area contributed by atoms with E-state index >= 15 is 0 Å². The molecule has 1 aromatic heterocycles. The normalized spacial score (nSPS) is 12.4. The van der Waals surface area contributed by atoms with Crippen LogP contribution in [0.1, 0.15) is 24.2 Å². The zero-order chi connectivity index (χ0) is 15.6. The third kappa shape index (κ3) is 3.25. The van der Waals surface area contributed by atoms with Gasteiger partial charge in [-0.05, 0) is 32.0 Å². The molecule has 0 spiro atoms. The maximum atomic E-state index is 12.4. The monoisotopic (exact) mass is 307 g/mol. The van der Waals surface area contributed by atoms with Gasteiger partial charge in [-0.15, -0.1) is 0 Å². The van der Waals surface area contributed by atoms with E-state index in [0.29, 0.717) is 23.5 Å². The second kappa shape index (κ2) is 6.28. The molecule has 2 aromatic rings. The van der Waals surface area contributed by atoms with Gasteiger partial charge in [0.05, 0.1) is 5.52 Å². The fraction of sp³-hybridized carbons (Fsp3) is 0.333. The molecule has 0 saturated carbocycles. The molecule has 1 heterocycles. The summed E-state index contributed by atoms with van der Waals surface area (Å²) in [6, 6.07) is 4.86. The minimum absolute atomic E-state index is 0.118. The number of halogens is 1. The molecular weight excluding hydrogens is 290 g/mol. The van der Waals surface area contributed by atoms with E-state index in [1.165, 1.54) is 0 Å². The number of carbonyl (C=O) groups excluding carboxylic acids is 1. The van der Waals surface area contributed by atoms with Gasteiger partial charge in [0.15, 0.2) is 0 Å². The quantitative estimate of drug-likeness (QED) is 0.903. The number of fused-ring (bicyclic) bond motifs is 1. The molecule has 5 nitrogen and oxygen atoms in total. The van der Waals surface area contributed by atoms with Gasteiger partial charge in [0, 0.05) is 35.7 Å². The maximum absolute atomic E-state index is 12.4. The Kier molecular flexibility index (Phi) is 4.65. The minimum atomic E-state index is -0.406. The molecule has 0 saturated heterocycles. The number of carbonyl (C=O) groups is 1. The molecular formula is C15H18ClN3O2. The van der Waals surface area contributed by atoms with Crippen LogP contribution in [0.3, 0.4) is 0 Å². The highest BCUT2D eigenvalue weighted by Gasteiger charge is 2.15. The first-order chi connectivity index (χ1) is 9.93. The van der Waals surface area contributed by atoms with Crippen molar-refractivity contribution in [3.05, 3.63) is 45.2 Å². The van der Waals surface area contributed by atoms with E-state index in [-0.39, 0.29) is 17.0 Å². The first kappa shape index (κ1) is 15.5. The number of hydrogen-bond donors (Lipinski definition) is 2. The van der Waals surface area contributed by atoms with E-state index in [1.54, 1.807) is 31.3 Å². The molecule has 0 aliphatic rings. The fourth-order valence-electron chi connectivity index (χ4n) is 2.14. The average Bonchev–Trinajstić information content (AvgIpc) is 2.45. The first-order valence-electron chi connectivity index (χ1n) is 6.80. The Morgan fingerprint density at radius 3 is 2.81 bits per heavy atom. The van der Waals surface area contributed by atoms with Gasteiger partial charge in [-0.25, -0.2) is 0 Å². The molecule has 3 N–H and O–H groups in total. The van der Waals surface area contributed by atoms with Gasteiger partial charge in [-0.3, -0.25) is 9.59 Å². The Labute approximate surface area is 127 Å². The predicted octanol–water partition coefficient (Wildman–Crippen LogP) is 1.75. The molecule has 21 heavy (non-hydrogen) atoms. The standard InChI is InChI=1S/C15H18ClN3O2/c1-3-19-8-12(15(21)18-7-9(2)17)14(20)11-5-4-10(16)6-13(11)19/h4-6,8-9H,3,7,17H2,1-2H3,(H,18,21). The molecule has 1 amide bonds. The molecule has 1 atom stereocenters. The van der Waals surface area contributed by atoms with Crippen LogP contribution >= 0.6 is 11.6 Å². The average molecular weight is 308 g/mol. The summed E-state index contributed by atoms with van der Waals surface area (Å²) < 4.78 is 1.84. The Morgan fingerprint density at radius 2 is 2.19 bits per heavy atom. The number of nitrogens with two attached hydrogens (primary N) is 1. The third-order valence-electron chi connectivity index (χ3n) is 3.21. The zero-order valence-corrected chi connectivity index (χ0v) is 12.8. The Hall–Kier alpha value is -1.85. The van der Waals surface area contributed by atoms with Crippen molar-refractivity contribution >= 4 is 28.4 Å². The van der Waals surface area contributed by atoms with E-state index in [0.717, 1.165) is 5.52 Å². The molecule has 0 radical (unpaired) electrons. The lowest BCUT2D eigenvalue weighted by molar-refractivity contribution is 0.0950. The topological polar surface area (TPSA) is 77.1 Å². The number of nitrogens with one attached hydrogen (secondary N) is 1. The second-order valence-electron chi connectivity index (χ2n) is 5.01. The number of rotatable bonds is 4. The summed E-state index contributed by atoms with van der Waals surface area (Å²) in [4.78, 5) is 24.6. The van der Waals surface area contributed by atoms with Crippen molar-refractivity contribution in [1.82, 2.24) is 9.88 Å². The first-order valence-corrected chi connectivity index (χ1v) is 7.18. The number of aromatic nitrogens is 1. The number of aryl methyl sites for hydroxylation is 1. The van der Waals surface area contributed by atoms with E-state index in [1.807, 2.05) is 11.5 Å². The molecule has 1 unspecified atom stereocenters. The highest BCUT2D eigenvalue weighted by Crippen LogP contribution is 2.17. The summed E-state index contributed by atoms with van der Waals surface area (Å²) in [6.07, 6.45) is 1.57. The number of pyridine rings is 1. The van der Waals surface area contributed by atoms with Crippen LogP contribution in [0.2, 0.25) is 5.02 Å². The van der Waals surface area contributed by atoms with Crippen LogP contribution in [-0.4, -0.2) is 23.1 Å². The molecule has 0 aliphatic heterocycles. The summed E-state index contributed by atoms with van der Waals surface area (Å²) in [7, 11) is 0. The fourth-order valence-corrected chi connectivity index (χ4v) is 2.30. The molecule has 0 fully saturated rings. The van der Waals surface area contributed by atoms with Crippen LogP contribution < -0.4 is 16.5 Å². The van der Waals surface area contributed by atoms with Crippen LogP contribution in [0.25, 0.3) is 10.9 Å². The zero-order valence-electron chi connectivity index (χ0n) is 12.0. The number of benzene rings is 1. The summed E-state index contributed by atoms with van der Waals surface area (Å²) in [5, 5.41) is 3.70. The molecule has 0 aliphatic carbocycles. The number of nitrogens with zero attached hydrogens (tertiary/aromatic N) is 1. The van der Waals surface area contributed by atoms with Crippen molar-refractivity contribution in [2.24, 2.45) is 5.73 Å². The van der Waals surface area contributed by atoms with Gasteiger partial charge < -0.3 is 15.6 Å². The second-order valence-corrected chi connectivity index (χ2v) is 5.44. The largest absolute Gasteiger partial charge is 0.350 e. The van der Waals surface area contributed by atoms with E-state index < -0.39 is 5.91 Å². The van der Waals surface area contributed by atoms with Crippen molar-refractivity contribution in [2.75, 3.05) is 6.54 Å². The van der Waals surface area contributed by atoms with Gasteiger partial charge in [0.2, 0.25) is 5.43 Å². The summed E-state index contributed by atoms with van der Waals surface area (Å²) in [5.74, 6) is -0.406. The molecule has 0 bridgehead atoms. The highest BCUT2D eigenvalue weighted by atomic mass is 35.5. The van der Waals surface area contributed by atoms with Crippen molar-refractivity contribution in [2.45, 2.75) is 26.4 Å². The van der Waals surface area contributed by atoms with Gasteiger partial charge in [0.25, 0.3) is 5.91 Å². The Morgan fingerprint density at radius 1 is 1.48 bits per heavy atom. The van der Waals surface area contributed by atoms with E-state index in [9.17, 15) is 9.59 Å². The van der Waals surface area contributed by atoms with Crippen molar-refractivity contribution in [3.63, 3.8) is 0 Å². The summed E-state index contributed by atoms with van der Waals surface area (Å²) in [5.41, 5.74) is 6.15. The van der Waals surface area contributed by atoms with Crippen LogP contribution in [0.15, 0.2) is 29.2 Å². The number of amides is 1. The van der Waals surface area contributed by atoms with Crippen LogP contribution in [0.4, 0.5) is 0 Å². The maximum Gasteiger partial charge on any atom is 0.256 e. The minimum Gasteiger partial charge on any atom is -0.350 e.